The van der Waals surface area contributed by atoms with Crippen molar-refractivity contribution in [2.75, 3.05) is 0 Å². The van der Waals surface area contributed by atoms with Crippen LogP contribution in [-0.2, 0) is 5.41 Å². The monoisotopic (exact) mass is 691 g/mol. The van der Waals surface area contributed by atoms with Gasteiger partial charge < -0.3 is 4.74 Å². The maximum Gasteiger partial charge on any atom is 0.140 e. The lowest BCUT2D eigenvalue weighted by atomic mass is 9.65. The Morgan fingerprint density at radius 3 is 1.78 bits per heavy atom. The third kappa shape index (κ3) is 4.31. The quantitative estimate of drug-likeness (QED) is 0.180. The van der Waals surface area contributed by atoms with E-state index in [2.05, 4.69) is 189 Å². The number of ether oxygens (including phenoxy) is 1. The van der Waals surface area contributed by atoms with Gasteiger partial charge in [-0.15, -0.1) is 0 Å². The molecule has 8 aromatic rings. The van der Waals surface area contributed by atoms with Gasteiger partial charge in [0.25, 0.3) is 0 Å². The predicted octanol–water partition coefficient (Wildman–Crippen LogP) is 13.1. The van der Waals surface area contributed by atoms with Crippen LogP contribution in [0.3, 0.4) is 0 Å². The Morgan fingerprint density at radius 2 is 1.09 bits per heavy atom. The molecule has 1 spiro atoms. The fourth-order valence-electron chi connectivity index (χ4n) is 9.85. The van der Waals surface area contributed by atoms with Crippen LogP contribution in [0, 0.1) is 5.92 Å². The van der Waals surface area contributed by atoms with E-state index in [1.165, 1.54) is 55.3 Å². The highest BCUT2D eigenvalue weighted by atomic mass is 16.5. The third-order valence-corrected chi connectivity index (χ3v) is 12.2. The summed E-state index contributed by atoms with van der Waals surface area (Å²) >= 11 is 0. The predicted molar refractivity (Wildman–Crippen MR) is 223 cm³/mol. The minimum absolute atomic E-state index is 0.183. The van der Waals surface area contributed by atoms with Gasteiger partial charge in [-0.25, -0.2) is 0 Å². The largest absolute Gasteiger partial charge is 0.455 e. The van der Waals surface area contributed by atoms with Gasteiger partial charge in [-0.05, 0) is 56.6 Å². The minimum Gasteiger partial charge on any atom is -0.455 e. The van der Waals surface area contributed by atoms with Gasteiger partial charge in [0.05, 0.1) is 16.8 Å². The first kappa shape index (κ1) is 31.1. The minimum atomic E-state index is -0.604. The van der Waals surface area contributed by atoms with E-state index >= 15 is 0 Å². The molecule has 0 aromatic heterocycles. The van der Waals surface area contributed by atoms with Crippen LogP contribution in [0.5, 0.6) is 11.5 Å². The number of hydrogen-bond donors (Lipinski definition) is 0. The summed E-state index contributed by atoms with van der Waals surface area (Å²) in [6, 6.07) is 64.2. The molecule has 0 saturated heterocycles. The molecule has 0 N–H and O–H groups in total. The molecular formula is C52H37NO. The van der Waals surface area contributed by atoms with Gasteiger partial charge in [0.15, 0.2) is 0 Å². The summed E-state index contributed by atoms with van der Waals surface area (Å²) in [4.78, 5) is 5.66. The van der Waals surface area contributed by atoms with Gasteiger partial charge in [-0.1, -0.05) is 183 Å². The normalized spacial score (nSPS) is 17.6. The molecule has 54 heavy (non-hydrogen) atoms. The maximum atomic E-state index is 7.20. The Morgan fingerprint density at radius 1 is 0.519 bits per heavy atom. The van der Waals surface area contributed by atoms with Crippen molar-refractivity contribution in [3.05, 3.63) is 221 Å². The molecule has 11 rings (SSSR count). The first-order chi connectivity index (χ1) is 26.8. The van der Waals surface area contributed by atoms with Crippen LogP contribution in [0.25, 0.3) is 38.4 Å². The average Bonchev–Trinajstić information content (AvgIpc) is 3.54. The van der Waals surface area contributed by atoms with Crippen LogP contribution in [-0.4, -0.2) is 5.71 Å². The second-order valence-corrected chi connectivity index (χ2v) is 14.8. The van der Waals surface area contributed by atoms with Crippen LogP contribution >= 0.6 is 0 Å². The number of hydrogen-bond acceptors (Lipinski definition) is 2. The summed E-state index contributed by atoms with van der Waals surface area (Å²) in [5.41, 5.74) is 12.7. The lowest BCUT2D eigenvalue weighted by molar-refractivity contribution is 0.447. The molecule has 2 unspecified atom stereocenters. The molecule has 3 aliphatic rings. The van der Waals surface area contributed by atoms with Crippen LogP contribution in [0.4, 0.5) is 0 Å². The highest BCUT2D eigenvalue weighted by Crippen LogP contribution is 2.64. The lowest BCUT2D eigenvalue weighted by Gasteiger charge is -2.40. The van der Waals surface area contributed by atoms with Gasteiger partial charge in [0.2, 0.25) is 0 Å². The molecule has 0 amide bonds. The Hall–Kier alpha value is -6.51. The molecule has 2 heterocycles. The molecule has 0 saturated carbocycles. The summed E-state index contributed by atoms with van der Waals surface area (Å²) < 4.78 is 7.20. The molecular weight excluding hydrogens is 655 g/mol. The van der Waals surface area contributed by atoms with Crippen molar-refractivity contribution >= 4 is 33.0 Å². The first-order valence-corrected chi connectivity index (χ1v) is 19.1. The van der Waals surface area contributed by atoms with Crippen molar-refractivity contribution in [3.63, 3.8) is 0 Å². The smallest absolute Gasteiger partial charge is 0.140 e. The summed E-state index contributed by atoms with van der Waals surface area (Å²) in [6.07, 6.45) is 3.37. The van der Waals surface area contributed by atoms with Crippen molar-refractivity contribution in [2.24, 2.45) is 10.9 Å². The SMILES string of the molecule is CCC1C(c2cccc3c2-c2ccccc2C32c3ccc4ccccc4c3Oc3c2ccc2ccccc32)=NC(c2ccccc2)=CC1c1ccccc1. The number of benzene rings is 8. The van der Waals surface area contributed by atoms with Crippen LogP contribution in [0.1, 0.15) is 58.2 Å². The van der Waals surface area contributed by atoms with Gasteiger partial charge in [-0.2, -0.15) is 0 Å². The second-order valence-electron chi connectivity index (χ2n) is 14.8. The number of rotatable bonds is 4. The standard InChI is InChI=1S/C52H37NO/c1-2-37-42(33-16-5-3-6-17-33)32-47(36-20-7-4-8-21-36)53-49(37)41-25-15-27-44-48(41)40-24-13-14-26-43(40)52(44)45-30-28-34-18-9-11-22-38(34)50(45)54-51-39-23-12-10-19-35(39)29-31-46(51)52/h3-32,37,42H,2H2,1H3. The van der Waals surface area contributed by atoms with Crippen molar-refractivity contribution in [1.82, 2.24) is 0 Å². The third-order valence-electron chi connectivity index (χ3n) is 12.2. The zero-order chi connectivity index (χ0) is 35.8. The molecule has 8 aromatic carbocycles. The number of nitrogens with zero attached hydrogens (tertiary/aromatic N) is 1. The van der Waals surface area contributed by atoms with Crippen LogP contribution < -0.4 is 4.74 Å². The number of allylic oxidation sites excluding steroid dienone is 1. The summed E-state index contributed by atoms with van der Waals surface area (Å²) in [5.74, 6) is 2.25. The van der Waals surface area contributed by atoms with Crippen LogP contribution in [0.2, 0.25) is 0 Å². The zero-order valence-corrected chi connectivity index (χ0v) is 30.0. The van der Waals surface area contributed by atoms with E-state index in [-0.39, 0.29) is 11.8 Å². The molecule has 1 aliphatic carbocycles. The van der Waals surface area contributed by atoms with Gasteiger partial charge in [-0.3, -0.25) is 4.99 Å². The molecule has 0 fully saturated rings. The Balaban J connectivity index is 1.24. The Bertz CT molecular complexity index is 2760. The highest BCUT2D eigenvalue weighted by Gasteiger charge is 2.52. The van der Waals surface area contributed by atoms with E-state index in [0.29, 0.717) is 0 Å². The van der Waals surface area contributed by atoms with E-state index in [4.69, 9.17) is 9.73 Å². The van der Waals surface area contributed by atoms with Crippen molar-refractivity contribution in [2.45, 2.75) is 24.7 Å². The van der Waals surface area contributed by atoms with Crippen LogP contribution in [0.15, 0.2) is 187 Å². The average molecular weight is 692 g/mol. The topological polar surface area (TPSA) is 21.6 Å². The lowest BCUT2D eigenvalue weighted by Crippen LogP contribution is -2.32. The Kier molecular flexibility index (Phi) is 6.91. The van der Waals surface area contributed by atoms with E-state index in [1.54, 1.807) is 0 Å². The van der Waals surface area contributed by atoms with Gasteiger partial charge >= 0.3 is 0 Å². The molecule has 2 atom stereocenters. The molecule has 0 radical (unpaired) electrons. The summed E-state index contributed by atoms with van der Waals surface area (Å²) in [7, 11) is 0. The first-order valence-electron chi connectivity index (χ1n) is 19.1. The fraction of sp³-hybridized carbons (Fsp3) is 0.0962. The summed E-state index contributed by atoms with van der Waals surface area (Å²) in [5, 5.41) is 4.59. The Labute approximate surface area is 315 Å². The summed E-state index contributed by atoms with van der Waals surface area (Å²) in [6.45, 7) is 2.32. The maximum absolute atomic E-state index is 7.20. The fourth-order valence-corrected chi connectivity index (χ4v) is 9.85. The van der Waals surface area contributed by atoms with E-state index in [0.717, 1.165) is 45.7 Å². The molecule has 2 aliphatic heterocycles. The van der Waals surface area contributed by atoms with Gasteiger partial charge in [0, 0.05) is 39.3 Å². The highest BCUT2D eigenvalue weighted by molar-refractivity contribution is 6.13. The number of aliphatic imine (C=N–C) groups is 1. The van der Waals surface area contributed by atoms with Crippen molar-refractivity contribution < 1.29 is 4.74 Å². The second kappa shape index (κ2) is 12.0. The molecule has 2 nitrogen and oxygen atoms in total. The number of fused-ring (bicyclic) bond motifs is 13. The molecule has 2 heteroatoms. The molecule has 0 bridgehead atoms. The van der Waals surface area contributed by atoms with Crippen molar-refractivity contribution in [3.8, 4) is 22.6 Å². The molecule has 256 valence electrons. The zero-order valence-electron chi connectivity index (χ0n) is 30.0. The van der Waals surface area contributed by atoms with E-state index in [1.807, 2.05) is 0 Å². The van der Waals surface area contributed by atoms with Crippen molar-refractivity contribution in [1.29, 1.82) is 0 Å². The van der Waals surface area contributed by atoms with Gasteiger partial charge in [0.1, 0.15) is 11.5 Å². The van der Waals surface area contributed by atoms with E-state index < -0.39 is 5.41 Å². The van der Waals surface area contributed by atoms with E-state index in [9.17, 15) is 0 Å².